The van der Waals surface area contributed by atoms with Gasteiger partial charge in [-0.15, -0.1) is 0 Å². The van der Waals surface area contributed by atoms with E-state index < -0.39 is 0 Å². The summed E-state index contributed by atoms with van der Waals surface area (Å²) in [7, 11) is 2.15. The summed E-state index contributed by atoms with van der Waals surface area (Å²) in [6.07, 6.45) is 13.8. The first-order chi connectivity index (χ1) is 8.82. The molecule has 1 N–H and O–H groups in total. The van der Waals surface area contributed by atoms with E-state index in [1.807, 2.05) is 0 Å². The molecule has 0 heterocycles. The molecule has 1 atom stereocenters. The average Bonchev–Trinajstić information content (AvgIpc) is 2.68. The highest BCUT2D eigenvalue weighted by Gasteiger charge is 2.44. The highest BCUT2D eigenvalue weighted by molar-refractivity contribution is 5.00. The van der Waals surface area contributed by atoms with Gasteiger partial charge in [-0.3, -0.25) is 0 Å². The van der Waals surface area contributed by atoms with Crippen molar-refractivity contribution in [2.24, 2.45) is 5.92 Å². The predicted molar refractivity (Wildman–Crippen MR) is 76.9 cm³/mol. The minimum absolute atomic E-state index is 0.151. The summed E-state index contributed by atoms with van der Waals surface area (Å²) < 4.78 is 6.28. The Bertz CT molecular complexity index is 227. The van der Waals surface area contributed by atoms with Crippen LogP contribution in [-0.4, -0.2) is 25.3 Å². The standard InChI is InChI=1S/C16H31NO/c1-3-18-16(12-8-9-13-16)15(17-2)14-10-6-4-5-7-11-14/h14-15,17H,3-13H2,1-2H3. The quantitative estimate of drug-likeness (QED) is 0.750. The predicted octanol–water partition coefficient (Wildman–Crippen LogP) is 3.89. The highest BCUT2D eigenvalue weighted by atomic mass is 16.5. The lowest BCUT2D eigenvalue weighted by atomic mass is 9.79. The van der Waals surface area contributed by atoms with Gasteiger partial charge >= 0.3 is 0 Å². The topological polar surface area (TPSA) is 21.3 Å². The Hall–Kier alpha value is -0.0800. The molecule has 0 aromatic heterocycles. The summed E-state index contributed by atoms with van der Waals surface area (Å²) in [5, 5.41) is 3.64. The molecule has 0 spiro atoms. The fourth-order valence-electron chi connectivity index (χ4n) is 4.38. The number of nitrogens with one attached hydrogen (secondary N) is 1. The Morgan fingerprint density at radius 1 is 1.06 bits per heavy atom. The van der Waals surface area contributed by atoms with E-state index in [1.54, 1.807) is 0 Å². The molecule has 0 bridgehead atoms. The van der Waals surface area contributed by atoms with E-state index in [0.717, 1.165) is 12.5 Å². The molecule has 2 heteroatoms. The van der Waals surface area contributed by atoms with Crippen molar-refractivity contribution < 1.29 is 4.74 Å². The third-order valence-electron chi connectivity index (χ3n) is 5.13. The van der Waals surface area contributed by atoms with E-state index in [2.05, 4.69) is 19.3 Å². The van der Waals surface area contributed by atoms with Gasteiger partial charge in [-0.2, -0.15) is 0 Å². The van der Waals surface area contributed by atoms with Gasteiger partial charge in [-0.25, -0.2) is 0 Å². The second-order valence-corrected chi connectivity index (χ2v) is 6.22. The van der Waals surface area contributed by atoms with Crippen LogP contribution in [-0.2, 0) is 4.74 Å². The molecule has 1 unspecified atom stereocenters. The van der Waals surface area contributed by atoms with Crippen LogP contribution >= 0.6 is 0 Å². The van der Waals surface area contributed by atoms with Crippen molar-refractivity contribution in [1.82, 2.24) is 5.32 Å². The Morgan fingerprint density at radius 3 is 2.17 bits per heavy atom. The Morgan fingerprint density at radius 2 is 1.67 bits per heavy atom. The zero-order valence-corrected chi connectivity index (χ0v) is 12.3. The van der Waals surface area contributed by atoms with Crippen molar-refractivity contribution in [3.8, 4) is 0 Å². The van der Waals surface area contributed by atoms with Gasteiger partial charge < -0.3 is 10.1 Å². The lowest BCUT2D eigenvalue weighted by Gasteiger charge is -2.41. The molecule has 18 heavy (non-hydrogen) atoms. The molecule has 0 aliphatic heterocycles. The summed E-state index contributed by atoms with van der Waals surface area (Å²) in [6.45, 7) is 3.02. The zero-order chi connectivity index (χ0) is 12.8. The first kappa shape index (κ1) is 14.3. The molecule has 2 nitrogen and oxygen atoms in total. The van der Waals surface area contributed by atoms with E-state index in [1.165, 1.54) is 64.2 Å². The first-order valence-corrected chi connectivity index (χ1v) is 8.13. The van der Waals surface area contributed by atoms with Gasteiger partial charge in [0.05, 0.1) is 5.60 Å². The summed E-state index contributed by atoms with van der Waals surface area (Å²) in [5.41, 5.74) is 0.151. The Balaban J connectivity index is 2.08. The van der Waals surface area contributed by atoms with Gasteiger partial charge in [0, 0.05) is 12.6 Å². The number of hydrogen-bond donors (Lipinski definition) is 1. The molecule has 0 aromatic carbocycles. The van der Waals surface area contributed by atoms with Crippen molar-refractivity contribution in [3.63, 3.8) is 0 Å². The number of likely N-dealkylation sites (N-methyl/N-ethyl adjacent to an activating group) is 1. The normalized spacial score (nSPS) is 27.0. The zero-order valence-electron chi connectivity index (χ0n) is 12.3. The van der Waals surface area contributed by atoms with Crippen LogP contribution in [0.2, 0.25) is 0 Å². The van der Waals surface area contributed by atoms with Gasteiger partial charge in [0.15, 0.2) is 0 Å². The maximum absolute atomic E-state index is 6.28. The molecule has 2 saturated carbocycles. The lowest BCUT2D eigenvalue weighted by molar-refractivity contribution is -0.0751. The van der Waals surface area contributed by atoms with E-state index in [-0.39, 0.29) is 5.60 Å². The Labute approximate surface area is 113 Å². The molecule has 0 saturated heterocycles. The molecule has 2 fully saturated rings. The van der Waals surface area contributed by atoms with E-state index in [9.17, 15) is 0 Å². The average molecular weight is 253 g/mol. The monoisotopic (exact) mass is 253 g/mol. The molecular formula is C16H31NO. The van der Waals surface area contributed by atoms with E-state index in [4.69, 9.17) is 4.74 Å². The van der Waals surface area contributed by atoms with Crippen molar-refractivity contribution >= 4 is 0 Å². The number of ether oxygens (including phenoxy) is 1. The second kappa shape index (κ2) is 6.91. The van der Waals surface area contributed by atoms with Gasteiger partial charge in [-0.05, 0) is 45.6 Å². The molecule has 2 aliphatic carbocycles. The summed E-state index contributed by atoms with van der Waals surface area (Å²) in [4.78, 5) is 0. The number of rotatable bonds is 5. The lowest BCUT2D eigenvalue weighted by Crippen LogP contribution is -2.53. The van der Waals surface area contributed by atoms with Gasteiger partial charge in [0.25, 0.3) is 0 Å². The first-order valence-electron chi connectivity index (χ1n) is 8.13. The van der Waals surface area contributed by atoms with Crippen LogP contribution in [0.3, 0.4) is 0 Å². The van der Waals surface area contributed by atoms with Crippen molar-refractivity contribution in [1.29, 1.82) is 0 Å². The molecule has 106 valence electrons. The van der Waals surface area contributed by atoms with Crippen LogP contribution < -0.4 is 5.32 Å². The fraction of sp³-hybridized carbons (Fsp3) is 1.00. The Kier molecular flexibility index (Phi) is 5.50. The molecular weight excluding hydrogens is 222 g/mol. The maximum Gasteiger partial charge on any atom is 0.0837 e. The third kappa shape index (κ3) is 3.08. The maximum atomic E-state index is 6.28. The molecule has 0 aromatic rings. The van der Waals surface area contributed by atoms with Crippen LogP contribution in [0.15, 0.2) is 0 Å². The minimum Gasteiger partial charge on any atom is -0.374 e. The summed E-state index contributed by atoms with van der Waals surface area (Å²) in [5.74, 6) is 0.835. The smallest absolute Gasteiger partial charge is 0.0837 e. The van der Waals surface area contributed by atoms with Crippen LogP contribution in [0.1, 0.15) is 71.1 Å². The van der Waals surface area contributed by atoms with Crippen LogP contribution in [0.4, 0.5) is 0 Å². The van der Waals surface area contributed by atoms with E-state index >= 15 is 0 Å². The SMILES string of the molecule is CCOC1(C(NC)C2CCCCCC2)CCCC1. The fourth-order valence-corrected chi connectivity index (χ4v) is 4.38. The van der Waals surface area contributed by atoms with Gasteiger partial charge in [-0.1, -0.05) is 38.5 Å². The van der Waals surface area contributed by atoms with Crippen LogP contribution in [0.5, 0.6) is 0 Å². The van der Waals surface area contributed by atoms with Gasteiger partial charge in [0.1, 0.15) is 0 Å². The summed E-state index contributed by atoms with van der Waals surface area (Å²) >= 11 is 0. The molecule has 0 radical (unpaired) electrons. The van der Waals surface area contributed by atoms with Crippen molar-refractivity contribution in [2.45, 2.75) is 82.8 Å². The molecule has 2 rings (SSSR count). The van der Waals surface area contributed by atoms with Crippen LogP contribution in [0.25, 0.3) is 0 Å². The number of hydrogen-bond acceptors (Lipinski definition) is 2. The van der Waals surface area contributed by atoms with E-state index in [0.29, 0.717) is 6.04 Å². The largest absolute Gasteiger partial charge is 0.374 e. The van der Waals surface area contributed by atoms with Crippen molar-refractivity contribution in [2.75, 3.05) is 13.7 Å². The molecule has 0 amide bonds. The van der Waals surface area contributed by atoms with Crippen LogP contribution in [0, 0.1) is 5.92 Å². The third-order valence-corrected chi connectivity index (χ3v) is 5.13. The minimum atomic E-state index is 0.151. The second-order valence-electron chi connectivity index (χ2n) is 6.22. The molecule has 2 aliphatic rings. The van der Waals surface area contributed by atoms with Gasteiger partial charge in [0.2, 0.25) is 0 Å². The van der Waals surface area contributed by atoms with Crippen molar-refractivity contribution in [3.05, 3.63) is 0 Å². The highest BCUT2D eigenvalue weighted by Crippen LogP contribution is 2.41. The summed E-state index contributed by atoms with van der Waals surface area (Å²) in [6, 6.07) is 0.582.